The van der Waals surface area contributed by atoms with Gasteiger partial charge in [0.25, 0.3) is 0 Å². The lowest BCUT2D eigenvalue weighted by Crippen LogP contribution is -2.33. The maximum atomic E-state index is 11.4. The van der Waals surface area contributed by atoms with Crippen molar-refractivity contribution in [2.75, 3.05) is 6.54 Å². The molecule has 27 heavy (non-hydrogen) atoms. The second-order valence-corrected chi connectivity index (χ2v) is 7.34. The van der Waals surface area contributed by atoms with Gasteiger partial charge in [-0.2, -0.15) is 0 Å². The van der Waals surface area contributed by atoms with Gasteiger partial charge in [-0.3, -0.25) is 24.9 Å². The standard InChI is InChI=1S/C21H28N4O2/c1-15-12-16(2)18(23-13-15)14-25(11-5-9-20(26)24-27)19-8-3-6-17-7-4-10-22-21(17)19/h4,7,10,12-13,19,27H,3,5-6,8-9,11,14H2,1-2H3,(H,24,26)/t19-/m0/s1. The molecule has 2 heterocycles. The smallest absolute Gasteiger partial charge is 0.243 e. The molecule has 1 aliphatic rings. The molecule has 0 bridgehead atoms. The Bertz CT molecular complexity index is 794. The molecule has 6 nitrogen and oxygen atoms in total. The van der Waals surface area contributed by atoms with E-state index < -0.39 is 0 Å². The molecule has 0 unspecified atom stereocenters. The molecule has 1 amide bonds. The van der Waals surface area contributed by atoms with Gasteiger partial charge in [0.15, 0.2) is 0 Å². The summed E-state index contributed by atoms with van der Waals surface area (Å²) in [5, 5.41) is 8.74. The molecule has 1 atom stereocenters. The molecule has 0 aromatic carbocycles. The van der Waals surface area contributed by atoms with E-state index in [2.05, 4.69) is 40.8 Å². The van der Waals surface area contributed by atoms with E-state index in [0.717, 1.165) is 49.3 Å². The van der Waals surface area contributed by atoms with Crippen molar-refractivity contribution in [2.24, 2.45) is 0 Å². The van der Waals surface area contributed by atoms with E-state index in [1.807, 2.05) is 18.5 Å². The Balaban J connectivity index is 1.82. The van der Waals surface area contributed by atoms with E-state index >= 15 is 0 Å². The molecule has 0 radical (unpaired) electrons. The Morgan fingerprint density at radius 3 is 3.00 bits per heavy atom. The number of hydrogen-bond donors (Lipinski definition) is 2. The highest BCUT2D eigenvalue weighted by Gasteiger charge is 2.27. The first kappa shape index (κ1) is 19.5. The monoisotopic (exact) mass is 368 g/mol. The minimum atomic E-state index is -0.346. The Hall–Kier alpha value is -2.31. The van der Waals surface area contributed by atoms with Gasteiger partial charge < -0.3 is 0 Å². The van der Waals surface area contributed by atoms with Crippen LogP contribution in [0.4, 0.5) is 0 Å². The van der Waals surface area contributed by atoms with Gasteiger partial charge in [-0.05, 0) is 68.8 Å². The summed E-state index contributed by atoms with van der Waals surface area (Å²) in [6, 6.07) is 6.56. The van der Waals surface area contributed by atoms with Gasteiger partial charge in [0.2, 0.25) is 5.91 Å². The number of rotatable bonds is 7. The van der Waals surface area contributed by atoms with E-state index in [0.29, 0.717) is 12.8 Å². The summed E-state index contributed by atoms with van der Waals surface area (Å²) in [5.41, 5.74) is 7.60. The zero-order valence-electron chi connectivity index (χ0n) is 16.1. The fraction of sp³-hybridized carbons (Fsp3) is 0.476. The average Bonchev–Trinajstić information content (AvgIpc) is 2.68. The van der Waals surface area contributed by atoms with Crippen LogP contribution in [0, 0.1) is 13.8 Å². The number of hydroxylamine groups is 1. The molecule has 0 saturated carbocycles. The number of aryl methyl sites for hydroxylation is 3. The fourth-order valence-corrected chi connectivity index (χ4v) is 3.89. The van der Waals surface area contributed by atoms with Crippen molar-refractivity contribution in [3.63, 3.8) is 0 Å². The third-order valence-corrected chi connectivity index (χ3v) is 5.26. The first-order chi connectivity index (χ1) is 13.1. The van der Waals surface area contributed by atoms with Crippen molar-refractivity contribution >= 4 is 5.91 Å². The number of amides is 1. The van der Waals surface area contributed by atoms with Gasteiger partial charge in [0.1, 0.15) is 0 Å². The number of aromatic nitrogens is 2. The summed E-state index contributed by atoms with van der Waals surface area (Å²) in [6.45, 7) is 5.63. The maximum Gasteiger partial charge on any atom is 0.243 e. The second-order valence-electron chi connectivity index (χ2n) is 7.34. The Kier molecular flexibility index (Phi) is 6.53. The first-order valence-electron chi connectivity index (χ1n) is 9.61. The average molecular weight is 368 g/mol. The van der Waals surface area contributed by atoms with E-state index in [-0.39, 0.29) is 11.9 Å². The Morgan fingerprint density at radius 2 is 2.22 bits per heavy atom. The van der Waals surface area contributed by atoms with Crippen LogP contribution >= 0.6 is 0 Å². The molecule has 0 saturated heterocycles. The summed E-state index contributed by atoms with van der Waals surface area (Å²) in [7, 11) is 0. The van der Waals surface area contributed by atoms with Gasteiger partial charge in [-0.25, -0.2) is 5.48 Å². The van der Waals surface area contributed by atoms with E-state index in [1.54, 1.807) is 5.48 Å². The summed E-state index contributed by atoms with van der Waals surface area (Å²) < 4.78 is 0. The molecule has 2 aromatic rings. The quantitative estimate of drug-likeness (QED) is 0.579. The normalized spacial score (nSPS) is 16.2. The largest absolute Gasteiger partial charge is 0.289 e. The van der Waals surface area contributed by atoms with Gasteiger partial charge in [-0.15, -0.1) is 0 Å². The molecular weight excluding hydrogens is 340 g/mol. The summed E-state index contributed by atoms with van der Waals surface area (Å²) >= 11 is 0. The molecule has 3 rings (SSSR count). The zero-order chi connectivity index (χ0) is 19.2. The lowest BCUT2D eigenvalue weighted by atomic mass is 9.90. The molecule has 0 aliphatic heterocycles. The van der Waals surface area contributed by atoms with Crippen LogP contribution in [-0.4, -0.2) is 32.5 Å². The molecule has 144 valence electrons. The van der Waals surface area contributed by atoms with Crippen molar-refractivity contribution in [1.29, 1.82) is 0 Å². The van der Waals surface area contributed by atoms with E-state index in [9.17, 15) is 4.79 Å². The first-order valence-corrected chi connectivity index (χ1v) is 9.61. The second kappa shape index (κ2) is 9.06. The van der Waals surface area contributed by atoms with Crippen LogP contribution in [0.2, 0.25) is 0 Å². The van der Waals surface area contributed by atoms with Crippen molar-refractivity contribution in [3.8, 4) is 0 Å². The Morgan fingerprint density at radius 1 is 1.37 bits per heavy atom. The van der Waals surface area contributed by atoms with Crippen molar-refractivity contribution < 1.29 is 10.0 Å². The molecule has 0 spiro atoms. The SMILES string of the molecule is Cc1cnc(CN(CCCC(=O)NO)[C@H]2CCCc3cccnc32)c(C)c1. The molecular formula is C21H28N4O2. The van der Waals surface area contributed by atoms with Crippen LogP contribution in [0.1, 0.15) is 59.8 Å². The van der Waals surface area contributed by atoms with Crippen molar-refractivity contribution in [1.82, 2.24) is 20.3 Å². The number of nitrogens with one attached hydrogen (secondary N) is 1. The lowest BCUT2D eigenvalue weighted by Gasteiger charge is -2.35. The highest BCUT2D eigenvalue weighted by Crippen LogP contribution is 2.34. The minimum Gasteiger partial charge on any atom is -0.289 e. The van der Waals surface area contributed by atoms with Crippen molar-refractivity contribution in [2.45, 2.75) is 58.5 Å². The number of fused-ring (bicyclic) bond motifs is 1. The number of nitrogens with zero attached hydrogens (tertiary/aromatic N) is 3. The number of pyridine rings is 2. The third kappa shape index (κ3) is 4.90. The van der Waals surface area contributed by atoms with Gasteiger partial charge >= 0.3 is 0 Å². The van der Waals surface area contributed by atoms with Crippen LogP contribution in [0.3, 0.4) is 0 Å². The van der Waals surface area contributed by atoms with E-state index in [1.165, 1.54) is 11.1 Å². The summed E-state index contributed by atoms with van der Waals surface area (Å²) in [4.78, 5) is 23.1. The molecule has 6 heteroatoms. The molecule has 2 N–H and O–H groups in total. The maximum absolute atomic E-state index is 11.4. The van der Waals surface area contributed by atoms with Crippen LogP contribution < -0.4 is 5.48 Å². The highest BCUT2D eigenvalue weighted by atomic mass is 16.5. The lowest BCUT2D eigenvalue weighted by molar-refractivity contribution is -0.129. The molecule has 0 fully saturated rings. The predicted octanol–water partition coefficient (Wildman–Crippen LogP) is 3.26. The van der Waals surface area contributed by atoms with Crippen LogP contribution in [0.15, 0.2) is 30.6 Å². The Labute approximate surface area is 160 Å². The van der Waals surface area contributed by atoms with Crippen LogP contribution in [-0.2, 0) is 17.8 Å². The minimum absolute atomic E-state index is 0.231. The van der Waals surface area contributed by atoms with Gasteiger partial charge in [0, 0.05) is 25.4 Å². The fourth-order valence-electron chi connectivity index (χ4n) is 3.89. The molecule has 1 aliphatic carbocycles. The predicted molar refractivity (Wildman–Crippen MR) is 103 cm³/mol. The molecule has 2 aromatic heterocycles. The van der Waals surface area contributed by atoms with E-state index in [4.69, 9.17) is 5.21 Å². The van der Waals surface area contributed by atoms with Gasteiger partial charge in [0.05, 0.1) is 17.4 Å². The number of hydrogen-bond acceptors (Lipinski definition) is 5. The highest BCUT2D eigenvalue weighted by molar-refractivity contribution is 5.74. The van der Waals surface area contributed by atoms with Crippen molar-refractivity contribution in [3.05, 3.63) is 58.7 Å². The number of carbonyl (C=O) groups is 1. The summed E-state index contributed by atoms with van der Waals surface area (Å²) in [6.07, 6.45) is 8.02. The van der Waals surface area contributed by atoms with Crippen LogP contribution in [0.5, 0.6) is 0 Å². The summed E-state index contributed by atoms with van der Waals surface area (Å²) in [5.74, 6) is -0.346. The zero-order valence-corrected chi connectivity index (χ0v) is 16.1. The van der Waals surface area contributed by atoms with Crippen LogP contribution in [0.25, 0.3) is 0 Å². The number of carbonyl (C=O) groups excluding carboxylic acids is 1. The topological polar surface area (TPSA) is 78.4 Å². The van der Waals surface area contributed by atoms with Gasteiger partial charge in [-0.1, -0.05) is 12.1 Å². The third-order valence-electron chi connectivity index (χ3n) is 5.26.